The molecule has 0 N–H and O–H groups in total. The van der Waals surface area contributed by atoms with E-state index >= 15 is 0 Å². The van der Waals surface area contributed by atoms with E-state index in [9.17, 15) is 9.59 Å². The van der Waals surface area contributed by atoms with E-state index in [1.165, 1.54) is 23.1 Å². The molecular weight excluding hydrogens is 378 g/mol. The molecule has 0 atom stereocenters. The summed E-state index contributed by atoms with van der Waals surface area (Å²) in [6.45, 7) is 5.01. The summed E-state index contributed by atoms with van der Waals surface area (Å²) < 4.78 is 1.38. The number of aromatic nitrogens is 3. The van der Waals surface area contributed by atoms with Gasteiger partial charge in [0, 0.05) is 44.3 Å². The Balaban J connectivity index is 1.39. The van der Waals surface area contributed by atoms with Crippen LogP contribution < -0.4 is 10.5 Å². The van der Waals surface area contributed by atoms with E-state index < -0.39 is 0 Å². The first kappa shape index (κ1) is 18.8. The predicted molar refractivity (Wildman–Crippen MR) is 116 cm³/mol. The number of anilines is 1. The molecule has 1 amide bonds. The summed E-state index contributed by atoms with van der Waals surface area (Å²) in [5.74, 6) is 1.59. The Hall–Kier alpha value is -3.22. The third kappa shape index (κ3) is 3.24. The van der Waals surface area contributed by atoms with Gasteiger partial charge < -0.3 is 9.80 Å². The molecule has 0 unspecified atom stereocenters. The van der Waals surface area contributed by atoms with Crippen molar-refractivity contribution in [1.29, 1.82) is 0 Å². The van der Waals surface area contributed by atoms with Crippen LogP contribution in [0.25, 0.3) is 10.8 Å². The first-order chi connectivity index (χ1) is 14.7. The summed E-state index contributed by atoms with van der Waals surface area (Å²) in [7, 11) is 0. The summed E-state index contributed by atoms with van der Waals surface area (Å²) in [4.78, 5) is 34.7. The molecule has 2 fully saturated rings. The van der Waals surface area contributed by atoms with Crippen LogP contribution in [0.1, 0.15) is 41.7 Å². The van der Waals surface area contributed by atoms with Crippen molar-refractivity contribution < 1.29 is 4.79 Å². The van der Waals surface area contributed by atoms with Gasteiger partial charge in [-0.15, -0.1) is 0 Å². The minimum absolute atomic E-state index is 0.114. The zero-order chi connectivity index (χ0) is 20.7. The molecule has 1 aromatic carbocycles. The number of hydrogen-bond donors (Lipinski definition) is 0. The molecule has 1 saturated heterocycles. The summed E-state index contributed by atoms with van der Waals surface area (Å²) in [5.41, 5.74) is 1.54. The van der Waals surface area contributed by atoms with E-state index in [4.69, 9.17) is 0 Å². The second-order valence-electron chi connectivity index (χ2n) is 7.98. The third-order valence-corrected chi connectivity index (χ3v) is 6.07. The van der Waals surface area contributed by atoms with Crippen LogP contribution in [0.15, 0.2) is 47.4 Å². The molecule has 7 nitrogen and oxygen atoms in total. The Bertz CT molecular complexity index is 1160. The fourth-order valence-corrected chi connectivity index (χ4v) is 4.27. The van der Waals surface area contributed by atoms with Crippen molar-refractivity contribution in [2.45, 2.75) is 32.2 Å². The lowest BCUT2D eigenvalue weighted by Crippen LogP contribution is -2.49. The first-order valence-electron chi connectivity index (χ1n) is 10.7. The average Bonchev–Trinajstić information content (AvgIpc) is 3.65. The largest absolute Gasteiger partial charge is 0.353 e. The highest BCUT2D eigenvalue weighted by atomic mass is 16.2. The van der Waals surface area contributed by atoms with Crippen LogP contribution in [-0.2, 0) is 6.54 Å². The SMILES string of the molecule is CCn1nc(C(=O)N2CCN(c3ncccc3C3CC3)CC2)c2ccccc2c1=O. The number of piperazine rings is 1. The maximum Gasteiger partial charge on any atom is 0.275 e. The number of carbonyl (C=O) groups is 1. The number of carbonyl (C=O) groups excluding carboxylic acids is 1. The fourth-order valence-electron chi connectivity index (χ4n) is 4.27. The normalized spacial score (nSPS) is 16.8. The van der Waals surface area contributed by atoms with Crippen molar-refractivity contribution in [2.75, 3.05) is 31.1 Å². The molecule has 1 aliphatic carbocycles. The second kappa shape index (κ2) is 7.55. The smallest absolute Gasteiger partial charge is 0.275 e. The lowest BCUT2D eigenvalue weighted by molar-refractivity contribution is 0.0740. The van der Waals surface area contributed by atoms with Gasteiger partial charge in [0.2, 0.25) is 0 Å². The number of hydrogen-bond acceptors (Lipinski definition) is 5. The molecule has 2 aliphatic rings. The molecular formula is C23H25N5O2. The van der Waals surface area contributed by atoms with E-state index in [0.29, 0.717) is 42.0 Å². The molecule has 154 valence electrons. The van der Waals surface area contributed by atoms with Crippen LogP contribution >= 0.6 is 0 Å². The minimum atomic E-state index is -0.155. The second-order valence-corrected chi connectivity index (χ2v) is 7.98. The van der Waals surface area contributed by atoms with Crippen LogP contribution in [-0.4, -0.2) is 51.8 Å². The molecule has 3 aromatic rings. The monoisotopic (exact) mass is 403 g/mol. The number of nitrogens with zero attached hydrogens (tertiary/aromatic N) is 5. The number of fused-ring (bicyclic) bond motifs is 1. The Kier molecular flexibility index (Phi) is 4.73. The molecule has 3 heterocycles. The quantitative estimate of drug-likeness (QED) is 0.670. The summed E-state index contributed by atoms with van der Waals surface area (Å²) >= 11 is 0. The summed E-state index contributed by atoms with van der Waals surface area (Å²) in [5, 5.41) is 5.57. The molecule has 0 radical (unpaired) electrons. The van der Waals surface area contributed by atoms with Crippen molar-refractivity contribution in [2.24, 2.45) is 0 Å². The van der Waals surface area contributed by atoms with Crippen LogP contribution in [0.2, 0.25) is 0 Å². The maximum atomic E-state index is 13.3. The molecule has 0 spiro atoms. The lowest BCUT2D eigenvalue weighted by atomic mass is 10.1. The number of rotatable bonds is 4. The van der Waals surface area contributed by atoms with E-state index in [-0.39, 0.29) is 11.5 Å². The highest BCUT2D eigenvalue weighted by Crippen LogP contribution is 2.43. The standard InChI is InChI=1S/C23H25N5O2/c1-2-28-22(29)19-7-4-3-6-18(19)20(25-28)23(30)27-14-12-26(13-15-27)21-17(16-9-10-16)8-5-11-24-21/h3-8,11,16H,2,9-10,12-15H2,1H3. The van der Waals surface area contributed by atoms with Gasteiger partial charge in [-0.3, -0.25) is 9.59 Å². The van der Waals surface area contributed by atoms with Crippen molar-refractivity contribution in [1.82, 2.24) is 19.7 Å². The number of benzene rings is 1. The minimum Gasteiger partial charge on any atom is -0.353 e. The zero-order valence-corrected chi connectivity index (χ0v) is 17.1. The van der Waals surface area contributed by atoms with Crippen LogP contribution in [0.4, 0.5) is 5.82 Å². The van der Waals surface area contributed by atoms with Gasteiger partial charge in [-0.05, 0) is 43.4 Å². The first-order valence-corrected chi connectivity index (χ1v) is 10.7. The summed E-state index contributed by atoms with van der Waals surface area (Å²) in [6.07, 6.45) is 4.33. The van der Waals surface area contributed by atoms with E-state index in [1.807, 2.05) is 42.3 Å². The van der Waals surface area contributed by atoms with Crippen molar-refractivity contribution in [3.63, 3.8) is 0 Å². The van der Waals surface area contributed by atoms with E-state index in [1.54, 1.807) is 6.07 Å². The molecule has 1 aliphatic heterocycles. The van der Waals surface area contributed by atoms with Gasteiger partial charge in [-0.25, -0.2) is 9.67 Å². The van der Waals surface area contributed by atoms with Crippen molar-refractivity contribution in [3.8, 4) is 0 Å². The van der Waals surface area contributed by atoms with Crippen molar-refractivity contribution >= 4 is 22.5 Å². The van der Waals surface area contributed by atoms with Crippen molar-refractivity contribution in [3.05, 3.63) is 64.2 Å². The average molecular weight is 403 g/mol. The van der Waals surface area contributed by atoms with Gasteiger partial charge >= 0.3 is 0 Å². The zero-order valence-electron chi connectivity index (χ0n) is 17.1. The highest BCUT2D eigenvalue weighted by Gasteiger charge is 2.31. The lowest BCUT2D eigenvalue weighted by Gasteiger charge is -2.36. The highest BCUT2D eigenvalue weighted by molar-refractivity contribution is 6.04. The molecule has 0 bridgehead atoms. The molecule has 1 saturated carbocycles. The molecule has 2 aromatic heterocycles. The summed E-state index contributed by atoms with van der Waals surface area (Å²) in [6, 6.07) is 11.4. The Labute approximate surface area is 174 Å². The van der Waals surface area contributed by atoms with E-state index in [0.717, 1.165) is 18.9 Å². The molecule has 7 heteroatoms. The molecule has 30 heavy (non-hydrogen) atoms. The topological polar surface area (TPSA) is 71.3 Å². The van der Waals surface area contributed by atoms with E-state index in [2.05, 4.69) is 21.0 Å². The Morgan fingerprint density at radius 1 is 1.03 bits per heavy atom. The predicted octanol–water partition coefficient (Wildman–Crippen LogP) is 2.65. The number of amides is 1. The van der Waals surface area contributed by atoms with Gasteiger partial charge in [0.25, 0.3) is 11.5 Å². The fraction of sp³-hybridized carbons (Fsp3) is 0.391. The van der Waals surface area contributed by atoms with Gasteiger partial charge in [0.05, 0.1) is 5.39 Å². The number of aryl methyl sites for hydroxylation is 1. The van der Waals surface area contributed by atoms with Crippen LogP contribution in [0.3, 0.4) is 0 Å². The third-order valence-electron chi connectivity index (χ3n) is 6.07. The Morgan fingerprint density at radius 3 is 2.47 bits per heavy atom. The van der Waals surface area contributed by atoms with Crippen LogP contribution in [0, 0.1) is 0 Å². The van der Waals surface area contributed by atoms with Crippen LogP contribution in [0.5, 0.6) is 0 Å². The van der Waals surface area contributed by atoms with Gasteiger partial charge in [0.1, 0.15) is 5.82 Å². The molecule has 5 rings (SSSR count). The Morgan fingerprint density at radius 2 is 1.77 bits per heavy atom. The number of pyridine rings is 1. The maximum absolute atomic E-state index is 13.3. The van der Waals surface area contributed by atoms with Gasteiger partial charge in [-0.2, -0.15) is 5.10 Å². The van der Waals surface area contributed by atoms with Gasteiger partial charge in [-0.1, -0.05) is 24.3 Å². The van der Waals surface area contributed by atoms with Gasteiger partial charge in [0.15, 0.2) is 5.69 Å².